The average Bonchev–Trinajstić information content (AvgIpc) is 2.42. The second kappa shape index (κ2) is 6.81. The van der Waals surface area contributed by atoms with Crippen LogP contribution in [0, 0.1) is 12.7 Å². The van der Waals surface area contributed by atoms with Gasteiger partial charge in [0.2, 0.25) is 5.88 Å². The highest BCUT2D eigenvalue weighted by molar-refractivity contribution is 9.10. The number of halogens is 2. The number of hydrogen-bond donors (Lipinski definition) is 1. The quantitative estimate of drug-likeness (QED) is 0.887. The van der Waals surface area contributed by atoms with Crippen LogP contribution >= 0.6 is 15.9 Å². The van der Waals surface area contributed by atoms with Gasteiger partial charge in [-0.1, -0.05) is 13.0 Å². The molecule has 0 amide bonds. The van der Waals surface area contributed by atoms with Crippen molar-refractivity contribution in [3.05, 3.63) is 51.9 Å². The molecule has 0 unspecified atom stereocenters. The van der Waals surface area contributed by atoms with Crippen LogP contribution < -0.4 is 10.1 Å². The molecule has 0 aliphatic carbocycles. The maximum atomic E-state index is 13.1. The summed E-state index contributed by atoms with van der Waals surface area (Å²) in [6.07, 6.45) is 0. The van der Waals surface area contributed by atoms with E-state index in [1.807, 2.05) is 19.1 Å². The summed E-state index contributed by atoms with van der Waals surface area (Å²) in [5.41, 5.74) is 2.06. The molecule has 0 aliphatic heterocycles. The number of nitrogens with one attached hydrogen (secondary N) is 1. The number of hydrogen-bond acceptors (Lipinski definition) is 3. The summed E-state index contributed by atoms with van der Waals surface area (Å²) >= 11 is 3.13. The summed E-state index contributed by atoms with van der Waals surface area (Å²) in [5, 5.41) is 3.26. The minimum absolute atomic E-state index is 0.317. The van der Waals surface area contributed by atoms with E-state index in [4.69, 9.17) is 4.74 Å². The van der Waals surface area contributed by atoms with E-state index < -0.39 is 0 Å². The number of ether oxygens (including phenoxy) is 1. The van der Waals surface area contributed by atoms with Crippen LogP contribution in [0.3, 0.4) is 0 Å². The van der Waals surface area contributed by atoms with Gasteiger partial charge >= 0.3 is 0 Å². The Balaban J connectivity index is 2.13. The van der Waals surface area contributed by atoms with Crippen molar-refractivity contribution in [3.63, 3.8) is 0 Å². The fraction of sp³-hybridized carbons (Fsp3) is 0.267. The smallest absolute Gasteiger partial charge is 0.219 e. The van der Waals surface area contributed by atoms with Crippen LogP contribution in [0.15, 0.2) is 34.8 Å². The lowest BCUT2D eigenvalue weighted by Crippen LogP contribution is -2.13. The number of nitrogens with zero attached hydrogens (tertiary/aromatic N) is 1. The lowest BCUT2D eigenvalue weighted by molar-refractivity contribution is 0.458. The standard InChI is InChI=1S/C15H16BrFN2O/c1-3-18-9-11-4-7-15(19-10(11)2)20-12-5-6-14(17)13(16)8-12/h4-8,18H,3,9H2,1-2H3. The summed E-state index contributed by atoms with van der Waals surface area (Å²) in [6, 6.07) is 8.31. The van der Waals surface area contributed by atoms with Crippen molar-refractivity contribution in [3.8, 4) is 11.6 Å². The van der Waals surface area contributed by atoms with Gasteiger partial charge in [0, 0.05) is 18.3 Å². The molecule has 1 aromatic carbocycles. The molecule has 1 N–H and O–H groups in total. The Labute approximate surface area is 126 Å². The van der Waals surface area contributed by atoms with Gasteiger partial charge in [0.15, 0.2) is 0 Å². The van der Waals surface area contributed by atoms with Gasteiger partial charge in [0.25, 0.3) is 0 Å². The monoisotopic (exact) mass is 338 g/mol. The third-order valence-electron chi connectivity index (χ3n) is 2.85. The molecule has 0 saturated carbocycles. The second-order valence-electron chi connectivity index (χ2n) is 4.35. The maximum absolute atomic E-state index is 13.1. The van der Waals surface area contributed by atoms with E-state index in [9.17, 15) is 4.39 Å². The van der Waals surface area contributed by atoms with Crippen molar-refractivity contribution in [2.24, 2.45) is 0 Å². The minimum Gasteiger partial charge on any atom is -0.439 e. The maximum Gasteiger partial charge on any atom is 0.219 e. The predicted octanol–water partition coefficient (Wildman–Crippen LogP) is 4.19. The van der Waals surface area contributed by atoms with E-state index in [0.29, 0.717) is 16.1 Å². The zero-order valence-corrected chi connectivity index (χ0v) is 13.0. The Kier molecular flexibility index (Phi) is 5.09. The third-order valence-corrected chi connectivity index (χ3v) is 3.46. The summed E-state index contributed by atoms with van der Waals surface area (Å²) in [7, 11) is 0. The van der Waals surface area contributed by atoms with Crippen molar-refractivity contribution >= 4 is 15.9 Å². The number of benzene rings is 1. The van der Waals surface area contributed by atoms with Crippen molar-refractivity contribution in [2.75, 3.05) is 6.54 Å². The van der Waals surface area contributed by atoms with Gasteiger partial charge < -0.3 is 10.1 Å². The molecule has 20 heavy (non-hydrogen) atoms. The molecule has 106 valence electrons. The molecule has 2 aromatic rings. The Bertz CT molecular complexity index is 604. The van der Waals surface area contributed by atoms with Gasteiger partial charge in [-0.3, -0.25) is 0 Å². The minimum atomic E-state index is -0.317. The summed E-state index contributed by atoms with van der Waals surface area (Å²) < 4.78 is 19.1. The molecule has 0 fully saturated rings. The SMILES string of the molecule is CCNCc1ccc(Oc2ccc(F)c(Br)c2)nc1C. The number of rotatable bonds is 5. The zero-order chi connectivity index (χ0) is 14.5. The van der Waals surface area contributed by atoms with Crippen LogP contribution in [0.25, 0.3) is 0 Å². The molecule has 1 aromatic heterocycles. The lowest BCUT2D eigenvalue weighted by atomic mass is 10.2. The summed E-state index contributed by atoms with van der Waals surface area (Å²) in [5.74, 6) is 0.730. The molecular weight excluding hydrogens is 323 g/mol. The van der Waals surface area contributed by atoms with Crippen LogP contribution in [0.2, 0.25) is 0 Å². The van der Waals surface area contributed by atoms with Gasteiger partial charge in [-0.25, -0.2) is 9.37 Å². The molecule has 5 heteroatoms. The zero-order valence-electron chi connectivity index (χ0n) is 11.4. The summed E-state index contributed by atoms with van der Waals surface area (Å²) in [4.78, 5) is 4.40. The van der Waals surface area contributed by atoms with Crippen molar-refractivity contribution < 1.29 is 9.13 Å². The van der Waals surface area contributed by atoms with Crippen molar-refractivity contribution in [1.82, 2.24) is 10.3 Å². The first-order valence-corrected chi connectivity index (χ1v) is 7.19. The Hall–Kier alpha value is -1.46. The normalized spacial score (nSPS) is 10.6. The topological polar surface area (TPSA) is 34.1 Å². The fourth-order valence-electron chi connectivity index (χ4n) is 1.73. The van der Waals surface area contributed by atoms with Crippen molar-refractivity contribution in [2.45, 2.75) is 20.4 Å². The van der Waals surface area contributed by atoms with Gasteiger partial charge in [0.1, 0.15) is 11.6 Å². The first-order valence-electron chi connectivity index (χ1n) is 6.40. The van der Waals surface area contributed by atoms with E-state index in [1.54, 1.807) is 12.1 Å². The highest BCUT2D eigenvalue weighted by atomic mass is 79.9. The molecule has 0 atom stereocenters. The van der Waals surface area contributed by atoms with E-state index in [2.05, 4.69) is 33.2 Å². The average molecular weight is 339 g/mol. The van der Waals surface area contributed by atoms with E-state index in [1.165, 1.54) is 6.07 Å². The van der Waals surface area contributed by atoms with E-state index in [-0.39, 0.29) is 5.82 Å². The molecule has 0 aliphatic rings. The Morgan fingerprint density at radius 1 is 1.30 bits per heavy atom. The Morgan fingerprint density at radius 2 is 2.10 bits per heavy atom. The highest BCUT2D eigenvalue weighted by Crippen LogP contribution is 2.25. The van der Waals surface area contributed by atoms with E-state index in [0.717, 1.165) is 24.3 Å². The molecule has 1 heterocycles. The van der Waals surface area contributed by atoms with Crippen LogP contribution in [-0.2, 0) is 6.54 Å². The highest BCUT2D eigenvalue weighted by Gasteiger charge is 2.05. The fourth-order valence-corrected chi connectivity index (χ4v) is 2.09. The molecule has 0 bridgehead atoms. The van der Waals surface area contributed by atoms with Crippen LogP contribution in [-0.4, -0.2) is 11.5 Å². The van der Waals surface area contributed by atoms with E-state index >= 15 is 0 Å². The van der Waals surface area contributed by atoms with Gasteiger partial charge in [-0.2, -0.15) is 0 Å². The molecule has 0 radical (unpaired) electrons. The molecule has 0 spiro atoms. The Morgan fingerprint density at radius 3 is 2.75 bits per heavy atom. The van der Waals surface area contributed by atoms with Gasteiger partial charge in [-0.15, -0.1) is 0 Å². The number of aromatic nitrogens is 1. The van der Waals surface area contributed by atoms with Crippen LogP contribution in [0.4, 0.5) is 4.39 Å². The largest absolute Gasteiger partial charge is 0.439 e. The first kappa shape index (κ1) is 14.9. The van der Waals surface area contributed by atoms with Crippen LogP contribution in [0.1, 0.15) is 18.2 Å². The molecular formula is C15H16BrFN2O. The van der Waals surface area contributed by atoms with Crippen LogP contribution in [0.5, 0.6) is 11.6 Å². The third kappa shape index (κ3) is 3.77. The second-order valence-corrected chi connectivity index (χ2v) is 5.21. The molecule has 0 saturated heterocycles. The van der Waals surface area contributed by atoms with Crippen molar-refractivity contribution in [1.29, 1.82) is 0 Å². The number of pyridine rings is 1. The predicted molar refractivity (Wildman–Crippen MR) is 80.5 cm³/mol. The molecule has 2 rings (SSSR count). The summed E-state index contributed by atoms with van der Waals surface area (Å²) in [6.45, 7) is 5.71. The first-order chi connectivity index (χ1) is 9.60. The lowest BCUT2D eigenvalue weighted by Gasteiger charge is -2.09. The van der Waals surface area contributed by atoms with Gasteiger partial charge in [0.05, 0.1) is 4.47 Å². The molecule has 3 nitrogen and oxygen atoms in total. The van der Waals surface area contributed by atoms with Gasteiger partial charge in [-0.05, 0) is 53.2 Å². The number of aryl methyl sites for hydroxylation is 1.